The molecule has 0 aliphatic heterocycles. The van der Waals surface area contributed by atoms with E-state index in [-0.39, 0.29) is 11.3 Å². The zero-order valence-corrected chi connectivity index (χ0v) is 8.93. The molecule has 2 N–H and O–H groups in total. The van der Waals surface area contributed by atoms with Gasteiger partial charge in [0, 0.05) is 5.56 Å². The lowest BCUT2D eigenvalue weighted by atomic mass is 9.94. The number of alkyl halides is 1. The number of hydrogen-bond donors (Lipinski definition) is 2. The molecule has 4 heteroatoms. The van der Waals surface area contributed by atoms with Crippen LogP contribution in [0.4, 0.5) is 4.39 Å². The van der Waals surface area contributed by atoms with Gasteiger partial charge < -0.3 is 10.2 Å². The highest BCUT2D eigenvalue weighted by Crippen LogP contribution is 2.27. The maximum absolute atomic E-state index is 13.1. The first-order valence-corrected chi connectivity index (χ1v) is 5.12. The van der Waals surface area contributed by atoms with E-state index >= 15 is 0 Å². The normalized spacial score (nSPS) is 27.1. The van der Waals surface area contributed by atoms with Gasteiger partial charge in [-0.05, 0) is 12.2 Å². The smallest absolute Gasteiger partial charge is 0.233 e. The first-order valence-electron chi connectivity index (χ1n) is 5.12. The van der Waals surface area contributed by atoms with Crippen LogP contribution < -0.4 is 0 Å². The van der Waals surface area contributed by atoms with E-state index in [1.807, 2.05) is 0 Å². The van der Waals surface area contributed by atoms with Crippen molar-refractivity contribution in [3.05, 3.63) is 53.6 Å². The summed E-state index contributed by atoms with van der Waals surface area (Å²) in [4.78, 5) is 11.6. The number of benzene rings is 1. The number of Topliss-reactive ketones (excluding diaryl/α,β-unsaturated/α-hetero) is 1. The molecule has 1 unspecified atom stereocenters. The number of allylic oxidation sites excluding steroid dienone is 2. The lowest BCUT2D eigenvalue weighted by molar-refractivity contribution is -0.125. The Morgan fingerprint density at radius 1 is 1.29 bits per heavy atom. The third-order valence-electron chi connectivity index (χ3n) is 2.52. The van der Waals surface area contributed by atoms with E-state index in [1.54, 1.807) is 30.3 Å². The summed E-state index contributed by atoms with van der Waals surface area (Å²) in [5.41, 5.74) is 0.489. The van der Waals surface area contributed by atoms with E-state index in [1.165, 1.54) is 0 Å². The Morgan fingerprint density at radius 2 is 1.94 bits per heavy atom. The minimum absolute atomic E-state index is 0.0125. The summed E-state index contributed by atoms with van der Waals surface area (Å²) in [6.07, 6.45) is 1.30. The van der Waals surface area contributed by atoms with Crippen LogP contribution in [0.15, 0.2) is 48.1 Å². The number of carbonyl (C=O) groups excluding carboxylic acids is 1. The topological polar surface area (TPSA) is 57.5 Å². The molecule has 1 aromatic carbocycles. The molecule has 1 aliphatic rings. The molecule has 0 fully saturated rings. The maximum atomic E-state index is 13.1. The Hall–Kier alpha value is -1.94. The highest BCUT2D eigenvalue weighted by Gasteiger charge is 2.32. The SMILES string of the molecule is O=C1CC(O)(F)C=CC1=C(O)c1ccccc1. The van der Waals surface area contributed by atoms with Crippen LogP contribution in [-0.2, 0) is 4.79 Å². The van der Waals surface area contributed by atoms with Crippen LogP contribution >= 0.6 is 0 Å². The lowest BCUT2D eigenvalue weighted by Gasteiger charge is -2.19. The molecule has 0 heterocycles. The Morgan fingerprint density at radius 3 is 2.53 bits per heavy atom. The van der Waals surface area contributed by atoms with Crippen LogP contribution in [0.1, 0.15) is 12.0 Å². The van der Waals surface area contributed by atoms with Crippen LogP contribution in [0.3, 0.4) is 0 Å². The minimum Gasteiger partial charge on any atom is -0.507 e. The van der Waals surface area contributed by atoms with Gasteiger partial charge >= 0.3 is 0 Å². The summed E-state index contributed by atoms with van der Waals surface area (Å²) >= 11 is 0. The van der Waals surface area contributed by atoms with Crippen LogP contribution in [-0.4, -0.2) is 21.9 Å². The van der Waals surface area contributed by atoms with Gasteiger partial charge in [-0.15, -0.1) is 0 Å². The van der Waals surface area contributed by atoms with Crippen molar-refractivity contribution in [1.82, 2.24) is 0 Å². The minimum atomic E-state index is -2.61. The van der Waals surface area contributed by atoms with E-state index in [0.717, 1.165) is 12.2 Å². The zero-order valence-electron chi connectivity index (χ0n) is 8.93. The predicted octanol–water partition coefficient (Wildman–Crippen LogP) is 2.14. The van der Waals surface area contributed by atoms with Gasteiger partial charge in [0.15, 0.2) is 5.78 Å². The fourth-order valence-corrected chi connectivity index (χ4v) is 1.65. The van der Waals surface area contributed by atoms with E-state index in [0.29, 0.717) is 5.56 Å². The van der Waals surface area contributed by atoms with E-state index in [4.69, 9.17) is 5.11 Å². The summed E-state index contributed by atoms with van der Waals surface area (Å²) in [5, 5.41) is 18.9. The Bertz CT molecular complexity index is 501. The number of rotatable bonds is 1. The van der Waals surface area contributed by atoms with E-state index in [2.05, 4.69) is 0 Å². The largest absolute Gasteiger partial charge is 0.507 e. The zero-order chi connectivity index (χ0) is 12.5. The fraction of sp³-hybridized carbons (Fsp3) is 0.154. The van der Waals surface area contributed by atoms with Gasteiger partial charge in [0.25, 0.3) is 0 Å². The molecular weight excluding hydrogens is 223 g/mol. The second-order valence-electron chi connectivity index (χ2n) is 3.88. The van der Waals surface area contributed by atoms with Crippen molar-refractivity contribution < 1.29 is 19.4 Å². The standard InChI is InChI=1S/C13H11FO3/c14-13(17)7-6-10(11(15)8-13)12(16)9-4-2-1-3-5-9/h1-7,16-17H,8H2. The molecule has 0 bridgehead atoms. The van der Waals surface area contributed by atoms with E-state index < -0.39 is 18.1 Å². The van der Waals surface area contributed by atoms with Crippen molar-refractivity contribution in [2.45, 2.75) is 12.3 Å². The summed E-state index contributed by atoms with van der Waals surface area (Å²) in [5.74, 6) is -3.45. The molecule has 0 amide bonds. The number of hydrogen-bond acceptors (Lipinski definition) is 3. The number of aliphatic hydroxyl groups excluding tert-OH is 1. The number of aliphatic hydroxyl groups is 2. The fourth-order valence-electron chi connectivity index (χ4n) is 1.65. The second-order valence-corrected chi connectivity index (χ2v) is 3.88. The Kier molecular flexibility index (Phi) is 2.81. The van der Waals surface area contributed by atoms with Crippen molar-refractivity contribution in [2.24, 2.45) is 0 Å². The van der Waals surface area contributed by atoms with Gasteiger partial charge in [-0.25, -0.2) is 4.39 Å². The van der Waals surface area contributed by atoms with Crippen LogP contribution in [0, 0.1) is 0 Å². The number of halogens is 1. The quantitative estimate of drug-likeness (QED) is 0.578. The monoisotopic (exact) mass is 234 g/mol. The summed E-state index contributed by atoms with van der Waals surface area (Å²) in [6.45, 7) is 0. The highest BCUT2D eigenvalue weighted by atomic mass is 19.2. The summed E-state index contributed by atoms with van der Waals surface area (Å²) < 4.78 is 13.1. The molecule has 0 saturated heterocycles. The third-order valence-corrected chi connectivity index (χ3v) is 2.52. The molecule has 1 aromatic rings. The molecule has 0 saturated carbocycles. The van der Waals surface area contributed by atoms with Crippen LogP contribution in [0.2, 0.25) is 0 Å². The molecule has 1 aliphatic carbocycles. The first kappa shape index (κ1) is 11.5. The van der Waals surface area contributed by atoms with Gasteiger partial charge in [0.05, 0.1) is 12.0 Å². The molecule has 0 aromatic heterocycles. The van der Waals surface area contributed by atoms with Gasteiger partial charge in [-0.2, -0.15) is 0 Å². The average Bonchev–Trinajstić information content (AvgIpc) is 2.28. The van der Waals surface area contributed by atoms with Gasteiger partial charge in [0.2, 0.25) is 5.85 Å². The molecule has 0 radical (unpaired) electrons. The Balaban J connectivity index is 2.44. The molecule has 1 atom stereocenters. The molecule has 2 rings (SSSR count). The van der Waals surface area contributed by atoms with Crippen LogP contribution in [0.5, 0.6) is 0 Å². The first-order chi connectivity index (χ1) is 7.99. The highest BCUT2D eigenvalue weighted by molar-refractivity contribution is 6.05. The maximum Gasteiger partial charge on any atom is 0.233 e. The van der Waals surface area contributed by atoms with Crippen molar-refractivity contribution in [3.8, 4) is 0 Å². The van der Waals surface area contributed by atoms with E-state index in [9.17, 15) is 14.3 Å². The summed E-state index contributed by atoms with van der Waals surface area (Å²) in [6, 6.07) is 8.49. The van der Waals surface area contributed by atoms with Crippen molar-refractivity contribution in [2.75, 3.05) is 0 Å². The number of carbonyl (C=O) groups is 1. The van der Waals surface area contributed by atoms with Gasteiger partial charge in [0.1, 0.15) is 5.76 Å². The van der Waals surface area contributed by atoms with Crippen molar-refractivity contribution in [3.63, 3.8) is 0 Å². The molecule has 17 heavy (non-hydrogen) atoms. The van der Waals surface area contributed by atoms with Gasteiger partial charge in [-0.1, -0.05) is 30.3 Å². The molecule has 0 spiro atoms. The Labute approximate surface area is 97.5 Å². The number of ketones is 1. The third kappa shape index (κ3) is 2.42. The average molecular weight is 234 g/mol. The van der Waals surface area contributed by atoms with Crippen molar-refractivity contribution >= 4 is 11.5 Å². The van der Waals surface area contributed by atoms with Crippen LogP contribution in [0.25, 0.3) is 5.76 Å². The predicted molar refractivity (Wildman–Crippen MR) is 60.8 cm³/mol. The van der Waals surface area contributed by atoms with Gasteiger partial charge in [-0.3, -0.25) is 4.79 Å². The second kappa shape index (κ2) is 4.14. The molecule has 88 valence electrons. The lowest BCUT2D eigenvalue weighted by Crippen LogP contribution is -2.28. The molecule has 3 nitrogen and oxygen atoms in total. The van der Waals surface area contributed by atoms with Crippen molar-refractivity contribution in [1.29, 1.82) is 0 Å². The summed E-state index contributed by atoms with van der Waals surface area (Å²) in [7, 11) is 0. The molecular formula is C13H11FO3.